The number of hydrogen-bond acceptors (Lipinski definition) is 4. The Hall–Kier alpha value is -1.62. The summed E-state index contributed by atoms with van der Waals surface area (Å²) in [6.45, 7) is 2.33. The van der Waals surface area contributed by atoms with Crippen molar-refractivity contribution in [1.29, 1.82) is 0 Å². The largest absolute Gasteiger partial charge is 0.367 e. The number of ether oxygens (including phenoxy) is 1. The van der Waals surface area contributed by atoms with Crippen LogP contribution in [0.15, 0.2) is 42.5 Å². The number of halogens is 1. The molecule has 0 aliphatic carbocycles. The molecular formula is C14H16ClN3O. The molecule has 0 amide bonds. The Morgan fingerprint density at radius 3 is 2.68 bits per heavy atom. The number of anilines is 1. The summed E-state index contributed by atoms with van der Waals surface area (Å²) in [7, 11) is 0. The summed E-state index contributed by atoms with van der Waals surface area (Å²) >= 11 is 6.07. The molecule has 0 aliphatic rings. The number of nitrogens with zero attached hydrogens (tertiary/aromatic N) is 1. The third-order valence-corrected chi connectivity index (χ3v) is 3.15. The zero-order valence-corrected chi connectivity index (χ0v) is 11.4. The highest BCUT2D eigenvalue weighted by Gasteiger charge is 2.09. The molecule has 19 heavy (non-hydrogen) atoms. The topological polar surface area (TPSA) is 60.2 Å². The van der Waals surface area contributed by atoms with Crippen LogP contribution in [-0.4, -0.2) is 4.98 Å². The van der Waals surface area contributed by atoms with Gasteiger partial charge in [0.25, 0.3) is 0 Å². The van der Waals surface area contributed by atoms with Crippen LogP contribution < -0.4 is 11.3 Å². The fourth-order valence-electron chi connectivity index (χ4n) is 1.69. The predicted molar refractivity (Wildman–Crippen MR) is 76.7 cm³/mol. The molecule has 1 heterocycles. The normalized spacial score (nSPS) is 12.2. The second kappa shape index (κ2) is 6.52. The molecular weight excluding hydrogens is 262 g/mol. The minimum atomic E-state index is -0.0199. The summed E-state index contributed by atoms with van der Waals surface area (Å²) in [5.41, 5.74) is 4.27. The van der Waals surface area contributed by atoms with Gasteiger partial charge in [-0.3, -0.25) is 0 Å². The van der Waals surface area contributed by atoms with Gasteiger partial charge in [-0.15, -0.1) is 0 Å². The molecule has 0 saturated heterocycles. The van der Waals surface area contributed by atoms with Gasteiger partial charge in [0, 0.05) is 0 Å². The summed E-state index contributed by atoms with van der Waals surface area (Å²) in [5, 5.41) is 0.569. The second-order valence-corrected chi connectivity index (χ2v) is 4.54. The van der Waals surface area contributed by atoms with Crippen molar-refractivity contribution in [3.8, 4) is 0 Å². The molecule has 0 spiro atoms. The Kier molecular flexibility index (Phi) is 4.74. The van der Waals surface area contributed by atoms with Crippen LogP contribution in [0, 0.1) is 0 Å². The van der Waals surface area contributed by atoms with Crippen LogP contribution in [0.3, 0.4) is 0 Å². The molecule has 2 rings (SSSR count). The van der Waals surface area contributed by atoms with Gasteiger partial charge in [-0.2, -0.15) is 0 Å². The number of rotatable bonds is 5. The van der Waals surface area contributed by atoms with Crippen LogP contribution in [-0.2, 0) is 11.3 Å². The Labute approximate surface area is 117 Å². The molecule has 5 heteroatoms. The van der Waals surface area contributed by atoms with E-state index in [-0.39, 0.29) is 6.10 Å². The van der Waals surface area contributed by atoms with Crippen molar-refractivity contribution in [3.05, 3.63) is 58.7 Å². The number of pyridine rings is 1. The van der Waals surface area contributed by atoms with E-state index in [0.717, 1.165) is 5.56 Å². The van der Waals surface area contributed by atoms with E-state index in [2.05, 4.69) is 10.4 Å². The van der Waals surface area contributed by atoms with Gasteiger partial charge in [-0.25, -0.2) is 10.8 Å². The van der Waals surface area contributed by atoms with Crippen molar-refractivity contribution in [3.63, 3.8) is 0 Å². The average Bonchev–Trinajstić information content (AvgIpc) is 2.47. The SMILES string of the molecule is CC(OCc1nc(NN)ccc1Cl)c1ccccc1. The smallest absolute Gasteiger partial charge is 0.140 e. The zero-order chi connectivity index (χ0) is 13.7. The summed E-state index contributed by atoms with van der Waals surface area (Å²) in [6, 6.07) is 13.5. The van der Waals surface area contributed by atoms with E-state index in [1.165, 1.54) is 0 Å². The van der Waals surface area contributed by atoms with Gasteiger partial charge >= 0.3 is 0 Å². The molecule has 0 radical (unpaired) electrons. The van der Waals surface area contributed by atoms with Gasteiger partial charge in [0.2, 0.25) is 0 Å². The van der Waals surface area contributed by atoms with Gasteiger partial charge < -0.3 is 10.2 Å². The first-order chi connectivity index (χ1) is 9.20. The summed E-state index contributed by atoms with van der Waals surface area (Å²) < 4.78 is 5.78. The van der Waals surface area contributed by atoms with E-state index < -0.39 is 0 Å². The van der Waals surface area contributed by atoms with E-state index >= 15 is 0 Å². The van der Waals surface area contributed by atoms with Crippen LogP contribution in [0.5, 0.6) is 0 Å². The van der Waals surface area contributed by atoms with Gasteiger partial charge in [0.05, 0.1) is 23.4 Å². The van der Waals surface area contributed by atoms with Crippen LogP contribution in [0.4, 0.5) is 5.82 Å². The Morgan fingerprint density at radius 1 is 1.26 bits per heavy atom. The maximum Gasteiger partial charge on any atom is 0.140 e. The summed E-state index contributed by atoms with van der Waals surface area (Å²) in [6.07, 6.45) is -0.0199. The molecule has 2 aromatic rings. The lowest BCUT2D eigenvalue weighted by Crippen LogP contribution is -2.10. The first-order valence-corrected chi connectivity index (χ1v) is 6.37. The van der Waals surface area contributed by atoms with Crippen molar-refractivity contribution < 1.29 is 4.74 Å². The molecule has 0 bridgehead atoms. The molecule has 3 N–H and O–H groups in total. The maximum atomic E-state index is 6.07. The molecule has 100 valence electrons. The van der Waals surface area contributed by atoms with Crippen molar-refractivity contribution in [2.75, 3.05) is 5.43 Å². The lowest BCUT2D eigenvalue weighted by atomic mass is 10.1. The number of nitrogens with one attached hydrogen (secondary N) is 1. The lowest BCUT2D eigenvalue weighted by molar-refractivity contribution is 0.0506. The highest BCUT2D eigenvalue weighted by atomic mass is 35.5. The number of aromatic nitrogens is 1. The monoisotopic (exact) mass is 277 g/mol. The number of hydrazine groups is 1. The Balaban J connectivity index is 2.02. The highest BCUT2D eigenvalue weighted by Crippen LogP contribution is 2.21. The van der Waals surface area contributed by atoms with Crippen LogP contribution in [0.25, 0.3) is 0 Å². The van der Waals surface area contributed by atoms with Crippen LogP contribution >= 0.6 is 11.6 Å². The first-order valence-electron chi connectivity index (χ1n) is 5.99. The molecule has 1 atom stereocenters. The zero-order valence-electron chi connectivity index (χ0n) is 10.6. The van der Waals surface area contributed by atoms with Crippen LogP contribution in [0.2, 0.25) is 5.02 Å². The molecule has 4 nitrogen and oxygen atoms in total. The third kappa shape index (κ3) is 3.67. The molecule has 0 saturated carbocycles. The van der Waals surface area contributed by atoms with Gasteiger partial charge in [-0.05, 0) is 24.6 Å². The molecule has 1 aromatic carbocycles. The van der Waals surface area contributed by atoms with Gasteiger partial charge in [0.15, 0.2) is 0 Å². The number of hydrogen-bond donors (Lipinski definition) is 2. The number of nitrogens with two attached hydrogens (primary N) is 1. The molecule has 0 aliphatic heterocycles. The van der Waals surface area contributed by atoms with Crippen molar-refractivity contribution >= 4 is 17.4 Å². The van der Waals surface area contributed by atoms with Crippen molar-refractivity contribution in [2.24, 2.45) is 5.84 Å². The summed E-state index contributed by atoms with van der Waals surface area (Å²) in [5.74, 6) is 5.88. The average molecular weight is 278 g/mol. The maximum absolute atomic E-state index is 6.07. The quantitative estimate of drug-likeness (QED) is 0.650. The van der Waals surface area contributed by atoms with E-state index in [0.29, 0.717) is 23.1 Å². The predicted octanol–water partition coefficient (Wildman–Crippen LogP) is 3.30. The third-order valence-electron chi connectivity index (χ3n) is 2.81. The standard InChI is InChI=1S/C14H16ClN3O/c1-10(11-5-3-2-4-6-11)19-9-13-12(15)7-8-14(17-13)18-16/h2-8,10H,9,16H2,1H3,(H,17,18). The van der Waals surface area contributed by atoms with E-state index in [1.54, 1.807) is 12.1 Å². The molecule has 0 fully saturated rings. The number of nitrogen functional groups attached to an aromatic ring is 1. The number of benzene rings is 1. The minimum Gasteiger partial charge on any atom is -0.367 e. The fraction of sp³-hybridized carbons (Fsp3) is 0.214. The second-order valence-electron chi connectivity index (χ2n) is 4.13. The minimum absolute atomic E-state index is 0.0199. The Morgan fingerprint density at radius 2 is 2.00 bits per heavy atom. The van der Waals surface area contributed by atoms with Crippen molar-refractivity contribution in [2.45, 2.75) is 19.6 Å². The van der Waals surface area contributed by atoms with Gasteiger partial charge in [0.1, 0.15) is 5.82 Å². The van der Waals surface area contributed by atoms with E-state index in [9.17, 15) is 0 Å². The van der Waals surface area contributed by atoms with Gasteiger partial charge in [-0.1, -0.05) is 41.9 Å². The first kappa shape index (κ1) is 13.8. The lowest BCUT2D eigenvalue weighted by Gasteiger charge is -2.14. The van der Waals surface area contributed by atoms with E-state index in [1.807, 2.05) is 37.3 Å². The molecule has 1 aromatic heterocycles. The highest BCUT2D eigenvalue weighted by molar-refractivity contribution is 6.31. The van der Waals surface area contributed by atoms with Crippen LogP contribution in [0.1, 0.15) is 24.3 Å². The van der Waals surface area contributed by atoms with Crippen molar-refractivity contribution in [1.82, 2.24) is 4.98 Å². The molecule has 1 unspecified atom stereocenters. The Bertz CT molecular complexity index is 533. The van der Waals surface area contributed by atoms with E-state index in [4.69, 9.17) is 22.2 Å². The summed E-state index contributed by atoms with van der Waals surface area (Å²) in [4.78, 5) is 4.26. The fourth-order valence-corrected chi connectivity index (χ4v) is 1.85.